The molecule has 0 bridgehead atoms. The number of rotatable bonds is 6. The zero-order valence-corrected chi connectivity index (χ0v) is 13.4. The van der Waals surface area contributed by atoms with Crippen LogP contribution >= 0.6 is 0 Å². The fourth-order valence-corrected chi connectivity index (χ4v) is 2.23. The molecule has 0 atom stereocenters. The van der Waals surface area contributed by atoms with Crippen molar-refractivity contribution in [3.63, 3.8) is 0 Å². The number of anilines is 1. The quantitative estimate of drug-likeness (QED) is 0.753. The van der Waals surface area contributed by atoms with Gasteiger partial charge in [0.05, 0.1) is 0 Å². The number of benzene rings is 1. The van der Waals surface area contributed by atoms with Crippen LogP contribution in [0.4, 0.5) is 5.82 Å². The first kappa shape index (κ1) is 15.9. The smallest absolute Gasteiger partial charge is 0.227 e. The molecule has 1 aromatic carbocycles. The van der Waals surface area contributed by atoms with Gasteiger partial charge in [-0.3, -0.25) is 4.79 Å². The van der Waals surface area contributed by atoms with Crippen LogP contribution in [0.3, 0.4) is 0 Å². The van der Waals surface area contributed by atoms with Gasteiger partial charge in [-0.15, -0.1) is 0 Å². The van der Waals surface area contributed by atoms with Gasteiger partial charge in [0.2, 0.25) is 17.6 Å². The van der Waals surface area contributed by atoms with Crippen LogP contribution in [0.2, 0.25) is 0 Å². The Morgan fingerprint density at radius 3 is 2.71 bits per heavy atom. The second-order valence-corrected chi connectivity index (χ2v) is 5.33. The Morgan fingerprint density at radius 1 is 1.17 bits per heavy atom. The number of amides is 1. The van der Waals surface area contributed by atoms with E-state index in [9.17, 15) is 4.79 Å². The van der Waals surface area contributed by atoms with Gasteiger partial charge in [0, 0.05) is 24.6 Å². The van der Waals surface area contributed by atoms with E-state index in [1.807, 2.05) is 30.3 Å². The first-order chi connectivity index (χ1) is 11.7. The maximum absolute atomic E-state index is 11.9. The van der Waals surface area contributed by atoms with Crippen molar-refractivity contribution in [2.45, 2.75) is 26.2 Å². The normalized spacial score (nSPS) is 10.5. The number of aryl methyl sites for hydroxylation is 2. The molecular formula is C18H18N4O2. The summed E-state index contributed by atoms with van der Waals surface area (Å²) in [7, 11) is 0. The maximum Gasteiger partial charge on any atom is 0.227 e. The summed E-state index contributed by atoms with van der Waals surface area (Å²) in [4.78, 5) is 20.3. The summed E-state index contributed by atoms with van der Waals surface area (Å²) >= 11 is 0. The summed E-state index contributed by atoms with van der Waals surface area (Å²) in [5, 5.41) is 6.70. The molecule has 3 rings (SSSR count). The van der Waals surface area contributed by atoms with Crippen LogP contribution < -0.4 is 5.32 Å². The third-order valence-corrected chi connectivity index (χ3v) is 3.59. The molecule has 3 aromatic rings. The standard InChI is InChI=1S/C18H18N4O2/c1-2-13-6-8-14(9-7-13)18-21-17(24-22-18)11-10-16(23)20-15-5-3-4-12-19-15/h3-9,12H,2,10-11H2,1H3,(H,19,20,23). The first-order valence-electron chi connectivity index (χ1n) is 7.87. The van der Waals surface area contributed by atoms with Crippen LogP contribution in [0.15, 0.2) is 53.2 Å². The number of aromatic nitrogens is 3. The van der Waals surface area contributed by atoms with Crippen molar-refractivity contribution in [1.82, 2.24) is 15.1 Å². The monoisotopic (exact) mass is 322 g/mol. The molecule has 0 fully saturated rings. The lowest BCUT2D eigenvalue weighted by Gasteiger charge is -2.01. The molecule has 0 unspecified atom stereocenters. The Bertz CT molecular complexity index is 797. The van der Waals surface area contributed by atoms with Crippen molar-refractivity contribution in [1.29, 1.82) is 0 Å². The average molecular weight is 322 g/mol. The SMILES string of the molecule is CCc1ccc(-c2noc(CCC(=O)Nc3ccccn3)n2)cc1. The van der Waals surface area contributed by atoms with Crippen molar-refractivity contribution in [3.8, 4) is 11.4 Å². The van der Waals surface area contributed by atoms with Crippen molar-refractivity contribution in [3.05, 3.63) is 60.1 Å². The van der Waals surface area contributed by atoms with Gasteiger partial charge in [-0.25, -0.2) is 4.98 Å². The lowest BCUT2D eigenvalue weighted by atomic mass is 10.1. The lowest BCUT2D eigenvalue weighted by Crippen LogP contribution is -2.13. The largest absolute Gasteiger partial charge is 0.339 e. The number of pyridine rings is 1. The molecule has 0 aliphatic rings. The van der Waals surface area contributed by atoms with E-state index in [1.165, 1.54) is 5.56 Å². The van der Waals surface area contributed by atoms with Gasteiger partial charge < -0.3 is 9.84 Å². The predicted molar refractivity (Wildman–Crippen MR) is 90.3 cm³/mol. The van der Waals surface area contributed by atoms with Crippen molar-refractivity contribution >= 4 is 11.7 Å². The molecule has 2 aromatic heterocycles. The average Bonchev–Trinajstić information content (AvgIpc) is 3.10. The third kappa shape index (κ3) is 4.04. The number of nitrogens with zero attached hydrogens (tertiary/aromatic N) is 3. The third-order valence-electron chi connectivity index (χ3n) is 3.59. The summed E-state index contributed by atoms with van der Waals surface area (Å²) in [5.41, 5.74) is 2.16. The minimum absolute atomic E-state index is 0.138. The van der Waals surface area contributed by atoms with E-state index < -0.39 is 0 Å². The second kappa shape index (κ2) is 7.50. The van der Waals surface area contributed by atoms with Gasteiger partial charge in [-0.2, -0.15) is 4.98 Å². The summed E-state index contributed by atoms with van der Waals surface area (Å²) in [6, 6.07) is 13.4. The van der Waals surface area contributed by atoms with Crippen LogP contribution in [0.5, 0.6) is 0 Å². The predicted octanol–water partition coefficient (Wildman–Crippen LogP) is 3.27. The number of hydrogen-bond acceptors (Lipinski definition) is 5. The highest BCUT2D eigenvalue weighted by Gasteiger charge is 2.11. The number of carbonyl (C=O) groups excluding carboxylic acids is 1. The molecule has 0 aliphatic carbocycles. The summed E-state index contributed by atoms with van der Waals surface area (Å²) < 4.78 is 5.22. The van der Waals surface area contributed by atoms with Gasteiger partial charge in [0.15, 0.2) is 0 Å². The number of carbonyl (C=O) groups is 1. The summed E-state index contributed by atoms with van der Waals surface area (Å²) in [5.74, 6) is 1.38. The first-order valence-corrected chi connectivity index (χ1v) is 7.87. The van der Waals surface area contributed by atoms with E-state index in [-0.39, 0.29) is 12.3 Å². The Balaban J connectivity index is 1.56. The fraction of sp³-hybridized carbons (Fsp3) is 0.222. The lowest BCUT2D eigenvalue weighted by molar-refractivity contribution is -0.116. The van der Waals surface area contributed by atoms with Crippen molar-refractivity contribution < 1.29 is 9.32 Å². The zero-order valence-electron chi connectivity index (χ0n) is 13.4. The summed E-state index contributed by atoms with van der Waals surface area (Å²) in [6.07, 6.45) is 3.26. The minimum atomic E-state index is -0.138. The highest BCUT2D eigenvalue weighted by molar-refractivity contribution is 5.89. The fourth-order valence-electron chi connectivity index (χ4n) is 2.23. The van der Waals surface area contributed by atoms with Crippen LogP contribution in [0, 0.1) is 0 Å². The Labute approximate surface area is 139 Å². The molecule has 0 saturated carbocycles. The van der Waals surface area contributed by atoms with Gasteiger partial charge >= 0.3 is 0 Å². The van der Waals surface area contributed by atoms with Crippen LogP contribution in [0.25, 0.3) is 11.4 Å². The zero-order chi connectivity index (χ0) is 16.8. The van der Waals surface area contributed by atoms with E-state index in [1.54, 1.807) is 18.3 Å². The van der Waals surface area contributed by atoms with Gasteiger partial charge in [-0.05, 0) is 24.1 Å². The molecule has 6 nitrogen and oxygen atoms in total. The Kier molecular flexibility index (Phi) is 4.96. The highest BCUT2D eigenvalue weighted by atomic mass is 16.5. The van der Waals surface area contributed by atoms with E-state index in [2.05, 4.69) is 27.4 Å². The van der Waals surface area contributed by atoms with Crippen LogP contribution in [-0.4, -0.2) is 21.0 Å². The number of nitrogens with one attached hydrogen (secondary N) is 1. The Morgan fingerprint density at radius 2 is 2.00 bits per heavy atom. The maximum atomic E-state index is 11.9. The molecule has 2 heterocycles. The minimum Gasteiger partial charge on any atom is -0.339 e. The van der Waals surface area contributed by atoms with E-state index in [4.69, 9.17) is 4.52 Å². The molecule has 24 heavy (non-hydrogen) atoms. The highest BCUT2D eigenvalue weighted by Crippen LogP contribution is 2.17. The van der Waals surface area contributed by atoms with Crippen molar-refractivity contribution in [2.24, 2.45) is 0 Å². The number of hydrogen-bond donors (Lipinski definition) is 1. The van der Waals surface area contributed by atoms with Gasteiger partial charge in [-0.1, -0.05) is 42.4 Å². The second-order valence-electron chi connectivity index (χ2n) is 5.33. The molecular weight excluding hydrogens is 304 g/mol. The summed E-state index contributed by atoms with van der Waals surface area (Å²) in [6.45, 7) is 2.11. The molecule has 1 N–H and O–H groups in total. The molecule has 6 heteroatoms. The molecule has 1 amide bonds. The van der Waals surface area contributed by atoms with Gasteiger partial charge in [0.1, 0.15) is 5.82 Å². The molecule has 122 valence electrons. The Hall–Kier alpha value is -3.02. The topological polar surface area (TPSA) is 80.9 Å². The van der Waals surface area contributed by atoms with Crippen LogP contribution in [-0.2, 0) is 17.6 Å². The van der Waals surface area contributed by atoms with E-state index in [0.29, 0.717) is 24.0 Å². The van der Waals surface area contributed by atoms with Crippen LogP contribution in [0.1, 0.15) is 24.8 Å². The molecule has 0 aliphatic heterocycles. The van der Waals surface area contributed by atoms with E-state index >= 15 is 0 Å². The van der Waals surface area contributed by atoms with E-state index in [0.717, 1.165) is 12.0 Å². The molecule has 0 spiro atoms. The molecule has 0 saturated heterocycles. The van der Waals surface area contributed by atoms with Gasteiger partial charge in [0.25, 0.3) is 0 Å². The van der Waals surface area contributed by atoms with Crippen molar-refractivity contribution in [2.75, 3.05) is 5.32 Å². The molecule has 0 radical (unpaired) electrons.